The molecule has 0 aromatic carbocycles. The van der Waals surface area contributed by atoms with Crippen LogP contribution in [0.25, 0.3) is 0 Å². The maximum absolute atomic E-state index is 12.9. The number of hydrogen-bond acceptors (Lipinski definition) is 4. The standard InChI is InChI=1S/C14H18N2O3S2/c1-9-16(12(8-21-9)13(17)18)14(19)15(10-4-5-10)7-11-3-2-6-20-11/h2-3,6,9-10,12H,4-5,7-8H2,1H3,(H,17,18). The summed E-state index contributed by atoms with van der Waals surface area (Å²) in [6.45, 7) is 2.49. The Balaban J connectivity index is 1.78. The number of thiophene rings is 1. The number of nitrogens with zero attached hydrogens (tertiary/aromatic N) is 2. The van der Waals surface area contributed by atoms with Crippen molar-refractivity contribution in [2.24, 2.45) is 0 Å². The average molecular weight is 326 g/mol. The molecule has 2 atom stereocenters. The van der Waals surface area contributed by atoms with Gasteiger partial charge in [-0.2, -0.15) is 0 Å². The third-order valence-electron chi connectivity index (χ3n) is 3.87. The number of urea groups is 1. The number of amides is 2. The molecule has 1 aromatic heterocycles. The van der Waals surface area contributed by atoms with Gasteiger partial charge in [0.2, 0.25) is 0 Å². The van der Waals surface area contributed by atoms with E-state index in [1.54, 1.807) is 16.2 Å². The molecular weight excluding hydrogens is 308 g/mol. The highest BCUT2D eigenvalue weighted by Crippen LogP contribution is 2.35. The Morgan fingerprint density at radius 3 is 2.81 bits per heavy atom. The number of carbonyl (C=O) groups is 2. The van der Waals surface area contributed by atoms with Crippen LogP contribution >= 0.6 is 23.1 Å². The Bertz CT molecular complexity index is 530. The lowest BCUT2D eigenvalue weighted by atomic mass is 10.3. The molecular formula is C14H18N2O3S2. The van der Waals surface area contributed by atoms with Gasteiger partial charge in [0.15, 0.2) is 0 Å². The summed E-state index contributed by atoms with van der Waals surface area (Å²) in [5.74, 6) is -0.438. The fourth-order valence-corrected chi connectivity index (χ4v) is 4.45. The van der Waals surface area contributed by atoms with Gasteiger partial charge < -0.3 is 10.0 Å². The molecule has 1 aliphatic heterocycles. The molecule has 5 nitrogen and oxygen atoms in total. The molecule has 1 saturated heterocycles. The highest BCUT2D eigenvalue weighted by Gasteiger charge is 2.44. The summed E-state index contributed by atoms with van der Waals surface area (Å²) in [5, 5.41) is 11.2. The zero-order valence-electron chi connectivity index (χ0n) is 11.8. The molecule has 1 aliphatic carbocycles. The Kier molecular flexibility index (Phi) is 4.12. The van der Waals surface area contributed by atoms with E-state index in [0.29, 0.717) is 12.3 Å². The van der Waals surface area contributed by atoms with Gasteiger partial charge in [-0.25, -0.2) is 9.59 Å². The zero-order chi connectivity index (χ0) is 15.0. The summed E-state index contributed by atoms with van der Waals surface area (Å²) >= 11 is 3.16. The first-order valence-corrected chi connectivity index (χ1v) is 8.96. The molecule has 2 aliphatic rings. The van der Waals surface area contributed by atoms with Crippen LogP contribution in [0.4, 0.5) is 4.79 Å². The normalized spacial score (nSPS) is 25.1. The number of rotatable bonds is 4. The van der Waals surface area contributed by atoms with Crippen molar-refractivity contribution in [2.45, 2.75) is 43.8 Å². The topological polar surface area (TPSA) is 60.9 Å². The fourth-order valence-electron chi connectivity index (χ4n) is 2.58. The average Bonchev–Trinajstić information content (AvgIpc) is 3.00. The Morgan fingerprint density at radius 1 is 1.48 bits per heavy atom. The molecule has 1 saturated carbocycles. The van der Waals surface area contributed by atoms with Gasteiger partial charge in [0.1, 0.15) is 6.04 Å². The number of carboxylic acids is 1. The quantitative estimate of drug-likeness (QED) is 0.924. The molecule has 7 heteroatoms. The molecule has 21 heavy (non-hydrogen) atoms. The number of carboxylic acid groups (broad SMARTS) is 1. The van der Waals surface area contributed by atoms with Crippen molar-refractivity contribution in [2.75, 3.05) is 5.75 Å². The predicted molar refractivity (Wildman–Crippen MR) is 83.5 cm³/mol. The van der Waals surface area contributed by atoms with E-state index in [1.165, 1.54) is 11.8 Å². The third kappa shape index (κ3) is 3.03. The minimum atomic E-state index is -0.910. The maximum Gasteiger partial charge on any atom is 0.327 e. The first kappa shape index (κ1) is 14.7. The molecule has 0 spiro atoms. The summed E-state index contributed by atoms with van der Waals surface area (Å²) in [5.41, 5.74) is 0. The van der Waals surface area contributed by atoms with Gasteiger partial charge in [0.05, 0.1) is 11.9 Å². The maximum atomic E-state index is 12.9. The summed E-state index contributed by atoms with van der Waals surface area (Å²) < 4.78 is 0. The monoisotopic (exact) mass is 326 g/mol. The number of aliphatic carboxylic acids is 1. The van der Waals surface area contributed by atoms with Crippen molar-refractivity contribution >= 4 is 35.1 Å². The van der Waals surface area contributed by atoms with E-state index in [0.717, 1.165) is 17.7 Å². The van der Waals surface area contributed by atoms with Gasteiger partial charge in [0, 0.05) is 16.7 Å². The fraction of sp³-hybridized carbons (Fsp3) is 0.571. The molecule has 114 valence electrons. The van der Waals surface area contributed by atoms with Crippen molar-refractivity contribution in [1.29, 1.82) is 0 Å². The van der Waals surface area contributed by atoms with E-state index in [-0.39, 0.29) is 17.4 Å². The van der Waals surface area contributed by atoms with Crippen molar-refractivity contribution in [1.82, 2.24) is 9.80 Å². The predicted octanol–water partition coefficient (Wildman–Crippen LogP) is 2.68. The second-order valence-electron chi connectivity index (χ2n) is 5.41. The molecule has 1 aromatic rings. The summed E-state index contributed by atoms with van der Waals surface area (Å²) in [6, 6.07) is 3.43. The van der Waals surface area contributed by atoms with Crippen LogP contribution in [-0.4, -0.2) is 50.1 Å². The van der Waals surface area contributed by atoms with Crippen LogP contribution < -0.4 is 0 Å². The van der Waals surface area contributed by atoms with Crippen LogP contribution in [0.3, 0.4) is 0 Å². The lowest BCUT2D eigenvalue weighted by Gasteiger charge is -2.32. The first-order chi connectivity index (χ1) is 10.1. The summed E-state index contributed by atoms with van der Waals surface area (Å²) in [4.78, 5) is 28.8. The molecule has 1 N–H and O–H groups in total. The Hall–Kier alpha value is -1.21. The SMILES string of the molecule is CC1SCC(C(=O)O)N1C(=O)N(Cc1cccs1)C1CC1. The zero-order valence-corrected chi connectivity index (χ0v) is 13.4. The van der Waals surface area contributed by atoms with E-state index in [1.807, 2.05) is 29.3 Å². The van der Waals surface area contributed by atoms with Gasteiger partial charge in [-0.15, -0.1) is 23.1 Å². The van der Waals surface area contributed by atoms with Crippen molar-refractivity contribution in [3.8, 4) is 0 Å². The van der Waals surface area contributed by atoms with Crippen molar-refractivity contribution in [3.63, 3.8) is 0 Å². The number of carbonyl (C=O) groups excluding carboxylic acids is 1. The van der Waals surface area contributed by atoms with Gasteiger partial charge in [-0.3, -0.25) is 4.90 Å². The van der Waals surface area contributed by atoms with Gasteiger partial charge >= 0.3 is 12.0 Å². The number of hydrogen-bond donors (Lipinski definition) is 1. The summed E-state index contributed by atoms with van der Waals surface area (Å²) in [6.07, 6.45) is 2.04. The second-order valence-corrected chi connectivity index (χ2v) is 7.80. The van der Waals surface area contributed by atoms with Crippen LogP contribution in [0.2, 0.25) is 0 Å². The van der Waals surface area contributed by atoms with Crippen molar-refractivity contribution in [3.05, 3.63) is 22.4 Å². The summed E-state index contributed by atoms with van der Waals surface area (Å²) in [7, 11) is 0. The minimum absolute atomic E-state index is 0.0804. The van der Waals surface area contributed by atoms with E-state index in [9.17, 15) is 14.7 Å². The molecule has 2 unspecified atom stereocenters. The van der Waals surface area contributed by atoms with E-state index in [4.69, 9.17) is 0 Å². The highest BCUT2D eigenvalue weighted by atomic mass is 32.2. The molecule has 3 rings (SSSR count). The highest BCUT2D eigenvalue weighted by molar-refractivity contribution is 8.00. The lowest BCUT2D eigenvalue weighted by Crippen LogP contribution is -2.51. The largest absolute Gasteiger partial charge is 0.480 e. The van der Waals surface area contributed by atoms with Crippen molar-refractivity contribution < 1.29 is 14.7 Å². The van der Waals surface area contributed by atoms with Crippen LogP contribution in [0.5, 0.6) is 0 Å². The van der Waals surface area contributed by atoms with E-state index in [2.05, 4.69) is 0 Å². The third-order valence-corrected chi connectivity index (χ3v) is 5.95. The minimum Gasteiger partial charge on any atom is -0.480 e. The molecule has 2 fully saturated rings. The molecule has 0 bridgehead atoms. The molecule has 2 heterocycles. The van der Waals surface area contributed by atoms with Gasteiger partial charge in [0.25, 0.3) is 0 Å². The van der Waals surface area contributed by atoms with Gasteiger partial charge in [-0.05, 0) is 31.2 Å². The van der Waals surface area contributed by atoms with Crippen LogP contribution in [0.15, 0.2) is 17.5 Å². The second kappa shape index (κ2) is 5.88. The van der Waals surface area contributed by atoms with Crippen LogP contribution in [0.1, 0.15) is 24.6 Å². The lowest BCUT2D eigenvalue weighted by molar-refractivity contribution is -0.141. The van der Waals surface area contributed by atoms with Crippen LogP contribution in [0, 0.1) is 0 Å². The molecule has 0 radical (unpaired) electrons. The van der Waals surface area contributed by atoms with Gasteiger partial charge in [-0.1, -0.05) is 6.07 Å². The van der Waals surface area contributed by atoms with E-state index >= 15 is 0 Å². The van der Waals surface area contributed by atoms with E-state index < -0.39 is 12.0 Å². The first-order valence-electron chi connectivity index (χ1n) is 7.03. The number of thioether (sulfide) groups is 1. The molecule has 2 amide bonds. The Labute approximate surface area is 131 Å². The van der Waals surface area contributed by atoms with Crippen LogP contribution in [-0.2, 0) is 11.3 Å². The smallest absolute Gasteiger partial charge is 0.327 e. The Morgan fingerprint density at radius 2 is 2.24 bits per heavy atom.